The quantitative estimate of drug-likeness (QED) is 0.151. The SMILES string of the molecule is CCOC(=O)[C@@H](C)NP(=O)(CCN(CC)S(=O)(=O)c1ccc([N+](=O)[O-])cc1[N+](=O)[O-])OCC(F)(F)F. The number of nitro groups is 2. The Hall–Kier alpha value is -2.66. The smallest absolute Gasteiger partial charge is 0.412 e. The van der Waals surface area contributed by atoms with E-state index in [1.54, 1.807) is 0 Å². The number of rotatable bonds is 14. The van der Waals surface area contributed by atoms with Crippen molar-refractivity contribution in [3.8, 4) is 0 Å². The lowest BCUT2D eigenvalue weighted by atomic mass is 10.3. The van der Waals surface area contributed by atoms with Crippen LogP contribution in [0.1, 0.15) is 20.8 Å². The van der Waals surface area contributed by atoms with E-state index in [4.69, 9.17) is 4.74 Å². The van der Waals surface area contributed by atoms with Gasteiger partial charge in [-0.05, 0) is 19.9 Å². The molecule has 0 aliphatic heterocycles. The number of nitro benzene ring substituents is 2. The molecule has 0 spiro atoms. The fraction of sp³-hybridized carbons (Fsp3) is 0.588. The number of hydrogen-bond acceptors (Lipinski definition) is 10. The zero-order chi connectivity index (χ0) is 27.9. The van der Waals surface area contributed by atoms with Crippen LogP contribution in [0.25, 0.3) is 0 Å². The number of nitrogens with zero attached hydrogens (tertiary/aromatic N) is 3. The largest absolute Gasteiger partial charge is 0.465 e. The van der Waals surface area contributed by atoms with Crippen LogP contribution in [0.4, 0.5) is 24.5 Å². The fourth-order valence-electron chi connectivity index (χ4n) is 2.77. The summed E-state index contributed by atoms with van der Waals surface area (Å²) in [4.78, 5) is 31.1. The highest BCUT2D eigenvalue weighted by Gasteiger charge is 2.38. The zero-order valence-corrected chi connectivity index (χ0v) is 21.0. The first kappa shape index (κ1) is 31.4. The van der Waals surface area contributed by atoms with Gasteiger partial charge in [0.1, 0.15) is 6.04 Å². The molecule has 1 unspecified atom stereocenters. The number of hydrogen-bond donors (Lipinski definition) is 1. The number of halogens is 3. The van der Waals surface area contributed by atoms with Crippen molar-refractivity contribution in [3.63, 3.8) is 0 Å². The molecule has 0 saturated heterocycles. The highest BCUT2D eigenvalue weighted by atomic mass is 32.2. The van der Waals surface area contributed by atoms with Crippen molar-refractivity contribution in [2.24, 2.45) is 0 Å². The molecule has 0 fully saturated rings. The van der Waals surface area contributed by atoms with Gasteiger partial charge in [0.15, 0.2) is 11.5 Å². The Labute approximate surface area is 203 Å². The number of ether oxygens (including phenoxy) is 1. The molecule has 0 aliphatic rings. The van der Waals surface area contributed by atoms with Gasteiger partial charge in [-0.2, -0.15) is 17.5 Å². The van der Waals surface area contributed by atoms with Gasteiger partial charge in [-0.3, -0.25) is 29.6 Å². The summed E-state index contributed by atoms with van der Waals surface area (Å²) in [6.45, 7) is 0.745. The molecule has 2 atom stereocenters. The molecule has 0 bridgehead atoms. The molecule has 0 amide bonds. The summed E-state index contributed by atoms with van der Waals surface area (Å²) in [6, 6.07) is 0.440. The predicted octanol–water partition coefficient (Wildman–Crippen LogP) is 2.83. The molecule has 19 heteroatoms. The first-order valence-corrected chi connectivity index (χ1v) is 13.4. The molecule has 0 aliphatic carbocycles. The van der Waals surface area contributed by atoms with E-state index >= 15 is 0 Å². The Bertz CT molecular complexity index is 1130. The molecule has 1 rings (SSSR count). The average Bonchev–Trinajstić information content (AvgIpc) is 2.77. The van der Waals surface area contributed by atoms with Crippen molar-refractivity contribution >= 4 is 34.9 Å². The average molecular weight is 564 g/mol. The van der Waals surface area contributed by atoms with Crippen LogP contribution in [0.3, 0.4) is 0 Å². The minimum Gasteiger partial charge on any atom is -0.465 e. The maximum absolute atomic E-state index is 13.1. The van der Waals surface area contributed by atoms with Crippen molar-refractivity contribution < 1.29 is 50.1 Å². The first-order valence-electron chi connectivity index (χ1n) is 10.1. The molecular formula is C17H24F3N4O10PS. The van der Waals surface area contributed by atoms with E-state index in [0.717, 1.165) is 13.0 Å². The third kappa shape index (κ3) is 8.77. The number of esters is 1. The summed E-state index contributed by atoms with van der Waals surface area (Å²) < 4.78 is 87.1. The van der Waals surface area contributed by atoms with E-state index in [-0.39, 0.29) is 13.2 Å². The van der Waals surface area contributed by atoms with E-state index in [9.17, 15) is 51.2 Å². The maximum Gasteiger partial charge on any atom is 0.412 e. The number of nitrogens with one attached hydrogen (secondary N) is 1. The second-order valence-electron chi connectivity index (χ2n) is 7.05. The van der Waals surface area contributed by atoms with Gasteiger partial charge in [-0.15, -0.1) is 0 Å². The van der Waals surface area contributed by atoms with Gasteiger partial charge >= 0.3 is 12.1 Å². The summed E-state index contributed by atoms with van der Waals surface area (Å²) in [7, 11) is -9.27. The molecule has 0 heterocycles. The van der Waals surface area contributed by atoms with Gasteiger partial charge < -0.3 is 9.26 Å². The monoisotopic (exact) mass is 564 g/mol. The van der Waals surface area contributed by atoms with Crippen molar-refractivity contribution in [2.45, 2.75) is 37.9 Å². The molecule has 36 heavy (non-hydrogen) atoms. The Morgan fingerprint density at radius 1 is 1.22 bits per heavy atom. The third-order valence-electron chi connectivity index (χ3n) is 4.43. The van der Waals surface area contributed by atoms with Gasteiger partial charge in [0.2, 0.25) is 10.0 Å². The Kier molecular flexibility index (Phi) is 10.9. The summed E-state index contributed by atoms with van der Waals surface area (Å²) in [5.74, 6) is -0.949. The van der Waals surface area contributed by atoms with Crippen molar-refractivity contribution in [3.05, 3.63) is 38.4 Å². The molecule has 1 aromatic carbocycles. The van der Waals surface area contributed by atoms with E-state index in [0.29, 0.717) is 16.4 Å². The normalized spacial score (nSPS) is 14.8. The van der Waals surface area contributed by atoms with E-state index in [2.05, 4.69) is 9.61 Å². The Morgan fingerprint density at radius 3 is 2.31 bits per heavy atom. The van der Waals surface area contributed by atoms with Gasteiger partial charge in [0.25, 0.3) is 18.9 Å². The Morgan fingerprint density at radius 2 is 1.83 bits per heavy atom. The molecule has 204 valence electrons. The van der Waals surface area contributed by atoms with Crippen molar-refractivity contribution in [1.29, 1.82) is 0 Å². The zero-order valence-electron chi connectivity index (χ0n) is 19.3. The van der Waals surface area contributed by atoms with Gasteiger partial charge in [0, 0.05) is 19.2 Å². The van der Waals surface area contributed by atoms with Crippen LogP contribution >= 0.6 is 7.52 Å². The van der Waals surface area contributed by atoms with Crippen molar-refractivity contribution in [2.75, 3.05) is 32.5 Å². The van der Waals surface area contributed by atoms with Crippen LogP contribution in [-0.2, 0) is 28.6 Å². The Balaban J connectivity index is 3.30. The van der Waals surface area contributed by atoms with E-state index in [1.807, 2.05) is 0 Å². The lowest BCUT2D eigenvalue weighted by molar-refractivity contribution is -0.396. The predicted molar refractivity (Wildman–Crippen MR) is 118 cm³/mol. The van der Waals surface area contributed by atoms with E-state index in [1.165, 1.54) is 13.8 Å². The number of benzene rings is 1. The topological polar surface area (TPSA) is 188 Å². The molecule has 1 N–H and O–H groups in total. The highest BCUT2D eigenvalue weighted by Crippen LogP contribution is 2.44. The highest BCUT2D eigenvalue weighted by molar-refractivity contribution is 7.89. The number of carbonyl (C=O) groups is 1. The minimum atomic E-state index is -4.90. The minimum absolute atomic E-state index is 0.0750. The number of carbonyl (C=O) groups excluding carboxylic acids is 1. The molecule has 0 saturated carbocycles. The van der Waals surface area contributed by atoms with Crippen molar-refractivity contribution in [1.82, 2.24) is 9.39 Å². The molecule has 0 aromatic heterocycles. The van der Waals surface area contributed by atoms with Crippen LogP contribution in [-0.4, -0.2) is 73.2 Å². The second-order valence-corrected chi connectivity index (χ2v) is 11.3. The van der Waals surface area contributed by atoms with Gasteiger partial charge in [0.05, 0.1) is 28.7 Å². The molecular weight excluding hydrogens is 540 g/mol. The number of non-ortho nitro benzene ring substituents is 1. The summed E-state index contributed by atoms with van der Waals surface area (Å²) in [6.07, 6.45) is -5.76. The summed E-state index contributed by atoms with van der Waals surface area (Å²) >= 11 is 0. The molecule has 14 nitrogen and oxygen atoms in total. The van der Waals surface area contributed by atoms with Crippen LogP contribution in [0.15, 0.2) is 23.1 Å². The summed E-state index contributed by atoms with van der Waals surface area (Å²) in [5.41, 5.74) is -1.85. The number of alkyl halides is 3. The maximum atomic E-state index is 13.1. The lowest BCUT2D eigenvalue weighted by Crippen LogP contribution is -2.38. The third-order valence-corrected chi connectivity index (χ3v) is 8.57. The standard InChI is InChI=1S/C17H24F3N4O10PS/c1-4-22(36(31,32)15-7-6-13(23(26)27)10-14(15)24(28)29)8-9-35(30,34-11-17(18,19)20)21-12(3)16(25)33-5-2/h6-7,10,12H,4-5,8-9,11H2,1-3H3,(H,21,30)/t12-,35?/m1/s1. The summed E-state index contributed by atoms with van der Waals surface area (Å²) in [5, 5.41) is 24.4. The molecule has 1 aromatic rings. The second kappa shape index (κ2) is 12.5. The lowest BCUT2D eigenvalue weighted by Gasteiger charge is -2.26. The first-order chi connectivity index (χ1) is 16.5. The van der Waals surface area contributed by atoms with Gasteiger partial charge in [-0.25, -0.2) is 13.5 Å². The molecule has 0 radical (unpaired) electrons. The van der Waals surface area contributed by atoms with E-state index < -0.39 is 81.2 Å². The van der Waals surface area contributed by atoms with Crippen LogP contribution in [0.2, 0.25) is 0 Å². The fourth-order valence-corrected chi connectivity index (χ4v) is 6.38. The van der Waals surface area contributed by atoms with Gasteiger partial charge in [-0.1, -0.05) is 6.92 Å². The van der Waals surface area contributed by atoms with Crippen LogP contribution < -0.4 is 5.09 Å². The van der Waals surface area contributed by atoms with Crippen LogP contribution in [0.5, 0.6) is 0 Å². The van der Waals surface area contributed by atoms with Crippen LogP contribution in [0, 0.1) is 20.2 Å². The number of sulfonamides is 1.